The molecule has 2 aliphatic carbocycles. The van der Waals surface area contributed by atoms with E-state index in [1.165, 1.54) is 32.1 Å². The van der Waals surface area contributed by atoms with Crippen LogP contribution >= 0.6 is 0 Å². The monoisotopic (exact) mass is 168 g/mol. The summed E-state index contributed by atoms with van der Waals surface area (Å²) in [5.74, 6) is 0.812. The normalized spacial score (nSPS) is 53.8. The molecular weight excluding hydrogens is 148 g/mol. The van der Waals surface area contributed by atoms with Gasteiger partial charge in [-0.3, -0.25) is 0 Å². The Kier molecular flexibility index (Phi) is 1.74. The van der Waals surface area contributed by atoms with Gasteiger partial charge in [0, 0.05) is 11.1 Å². The molecule has 70 valence electrons. The third-order valence-electron chi connectivity index (χ3n) is 3.49. The van der Waals surface area contributed by atoms with Crippen LogP contribution < -0.4 is 11.5 Å². The van der Waals surface area contributed by atoms with Crippen LogP contribution in [0.3, 0.4) is 0 Å². The van der Waals surface area contributed by atoms with E-state index in [0.717, 1.165) is 12.3 Å². The first-order valence-electron chi connectivity index (χ1n) is 5.07. The van der Waals surface area contributed by atoms with Gasteiger partial charge < -0.3 is 11.5 Å². The molecule has 0 radical (unpaired) electrons. The third-order valence-corrected chi connectivity index (χ3v) is 3.49. The average Bonchev–Trinajstić information content (AvgIpc) is 1.79. The summed E-state index contributed by atoms with van der Waals surface area (Å²) in [6, 6.07) is 0. The smallest absolute Gasteiger partial charge is 0.0174 e. The Bertz CT molecular complexity index is 186. The Morgan fingerprint density at radius 2 is 2.00 bits per heavy atom. The Morgan fingerprint density at radius 3 is 2.67 bits per heavy atom. The summed E-state index contributed by atoms with van der Waals surface area (Å²) < 4.78 is 0. The topological polar surface area (TPSA) is 52.0 Å². The Balaban J connectivity index is 2.16. The van der Waals surface area contributed by atoms with E-state index in [0.29, 0.717) is 0 Å². The highest BCUT2D eigenvalue weighted by Gasteiger charge is 2.43. The largest absolute Gasteiger partial charge is 0.325 e. The minimum atomic E-state index is 0.0120. The lowest BCUT2D eigenvalue weighted by Crippen LogP contribution is -2.58. The van der Waals surface area contributed by atoms with Gasteiger partial charge in [0.15, 0.2) is 0 Å². The highest BCUT2D eigenvalue weighted by Crippen LogP contribution is 2.44. The lowest BCUT2D eigenvalue weighted by atomic mass is 9.62. The van der Waals surface area contributed by atoms with E-state index in [2.05, 4.69) is 6.92 Å². The molecule has 0 aromatic carbocycles. The fraction of sp³-hybridized carbons (Fsp3) is 1.00. The van der Waals surface area contributed by atoms with Crippen LogP contribution in [0.15, 0.2) is 0 Å². The highest BCUT2D eigenvalue weighted by atomic mass is 14.8. The lowest BCUT2D eigenvalue weighted by Gasteiger charge is -2.49. The standard InChI is InChI=1S/C10H20N2/c1-9(11)5-8-3-2-4-10(12,6-8)7-9/h8H,2-7,11-12H2,1H3. The van der Waals surface area contributed by atoms with Gasteiger partial charge in [0.2, 0.25) is 0 Å². The summed E-state index contributed by atoms with van der Waals surface area (Å²) >= 11 is 0. The molecule has 0 spiro atoms. The van der Waals surface area contributed by atoms with Crippen molar-refractivity contribution in [2.75, 3.05) is 0 Å². The maximum Gasteiger partial charge on any atom is 0.0174 e. The molecule has 0 aliphatic heterocycles. The zero-order valence-electron chi connectivity index (χ0n) is 7.97. The molecule has 2 fully saturated rings. The zero-order chi connectivity index (χ0) is 8.82. The summed E-state index contributed by atoms with van der Waals surface area (Å²) in [6.45, 7) is 2.16. The molecule has 3 atom stereocenters. The second kappa shape index (κ2) is 2.46. The molecule has 2 bridgehead atoms. The van der Waals surface area contributed by atoms with Crippen LogP contribution in [0.1, 0.15) is 45.4 Å². The predicted molar refractivity (Wildman–Crippen MR) is 50.7 cm³/mol. The van der Waals surface area contributed by atoms with Crippen molar-refractivity contribution in [3.8, 4) is 0 Å². The van der Waals surface area contributed by atoms with Crippen molar-refractivity contribution >= 4 is 0 Å². The molecule has 12 heavy (non-hydrogen) atoms. The Hall–Kier alpha value is -0.0800. The fourth-order valence-electron chi connectivity index (χ4n) is 3.39. The number of hydrogen-bond donors (Lipinski definition) is 2. The molecule has 2 heteroatoms. The summed E-state index contributed by atoms with van der Waals surface area (Å²) in [4.78, 5) is 0. The fourth-order valence-corrected chi connectivity index (χ4v) is 3.39. The summed E-state index contributed by atoms with van der Waals surface area (Å²) in [6.07, 6.45) is 7.29. The molecule has 0 saturated heterocycles. The first-order chi connectivity index (χ1) is 5.49. The maximum atomic E-state index is 6.30. The molecule has 2 aliphatic rings. The molecule has 2 rings (SSSR count). The zero-order valence-corrected chi connectivity index (χ0v) is 7.97. The minimum absolute atomic E-state index is 0.0120. The molecule has 3 unspecified atom stereocenters. The van der Waals surface area contributed by atoms with E-state index in [-0.39, 0.29) is 11.1 Å². The molecule has 0 amide bonds. The summed E-state index contributed by atoms with van der Waals surface area (Å²) in [5, 5.41) is 0. The van der Waals surface area contributed by atoms with E-state index in [1.54, 1.807) is 0 Å². The van der Waals surface area contributed by atoms with Gasteiger partial charge in [0.25, 0.3) is 0 Å². The second-order valence-corrected chi connectivity index (χ2v) is 5.36. The summed E-state index contributed by atoms with van der Waals surface area (Å²) in [7, 11) is 0. The van der Waals surface area contributed by atoms with Crippen LogP contribution in [0.2, 0.25) is 0 Å². The van der Waals surface area contributed by atoms with Gasteiger partial charge in [0.05, 0.1) is 0 Å². The van der Waals surface area contributed by atoms with E-state index < -0.39 is 0 Å². The summed E-state index contributed by atoms with van der Waals surface area (Å²) in [5.41, 5.74) is 12.6. The number of nitrogens with two attached hydrogens (primary N) is 2. The van der Waals surface area contributed by atoms with Gasteiger partial charge in [-0.2, -0.15) is 0 Å². The van der Waals surface area contributed by atoms with Crippen molar-refractivity contribution in [1.82, 2.24) is 0 Å². The molecule has 0 aromatic rings. The van der Waals surface area contributed by atoms with Gasteiger partial charge in [-0.15, -0.1) is 0 Å². The van der Waals surface area contributed by atoms with Crippen LogP contribution in [0.5, 0.6) is 0 Å². The number of hydrogen-bond acceptors (Lipinski definition) is 2. The van der Waals surface area contributed by atoms with Gasteiger partial charge >= 0.3 is 0 Å². The van der Waals surface area contributed by atoms with Gasteiger partial charge in [0.1, 0.15) is 0 Å². The first kappa shape index (κ1) is 8.52. The third kappa shape index (κ3) is 1.50. The minimum Gasteiger partial charge on any atom is -0.325 e. The van der Waals surface area contributed by atoms with Gasteiger partial charge in [-0.05, 0) is 38.5 Å². The lowest BCUT2D eigenvalue weighted by molar-refractivity contribution is 0.0969. The molecule has 0 heterocycles. The van der Waals surface area contributed by atoms with Crippen LogP contribution in [-0.2, 0) is 0 Å². The van der Waals surface area contributed by atoms with Crippen molar-refractivity contribution in [1.29, 1.82) is 0 Å². The van der Waals surface area contributed by atoms with Crippen molar-refractivity contribution in [3.63, 3.8) is 0 Å². The van der Waals surface area contributed by atoms with Crippen molar-refractivity contribution in [2.24, 2.45) is 17.4 Å². The Labute approximate surface area is 74.7 Å². The molecular formula is C10H20N2. The maximum absolute atomic E-state index is 6.30. The molecule has 2 saturated carbocycles. The van der Waals surface area contributed by atoms with Crippen LogP contribution in [-0.4, -0.2) is 11.1 Å². The van der Waals surface area contributed by atoms with Gasteiger partial charge in [-0.25, -0.2) is 0 Å². The predicted octanol–water partition coefficient (Wildman–Crippen LogP) is 1.39. The van der Waals surface area contributed by atoms with E-state index >= 15 is 0 Å². The second-order valence-electron chi connectivity index (χ2n) is 5.36. The SMILES string of the molecule is CC1(N)CC2CCCC(N)(C2)C1. The quantitative estimate of drug-likeness (QED) is 0.574. The van der Waals surface area contributed by atoms with Crippen LogP contribution in [0, 0.1) is 5.92 Å². The van der Waals surface area contributed by atoms with Crippen molar-refractivity contribution in [3.05, 3.63) is 0 Å². The number of fused-ring (bicyclic) bond motifs is 2. The average molecular weight is 168 g/mol. The van der Waals surface area contributed by atoms with E-state index in [9.17, 15) is 0 Å². The van der Waals surface area contributed by atoms with Crippen LogP contribution in [0.25, 0.3) is 0 Å². The van der Waals surface area contributed by atoms with Crippen molar-refractivity contribution < 1.29 is 0 Å². The Morgan fingerprint density at radius 1 is 1.25 bits per heavy atom. The molecule has 0 aromatic heterocycles. The molecule has 4 N–H and O–H groups in total. The highest BCUT2D eigenvalue weighted by molar-refractivity contribution is 5.03. The number of rotatable bonds is 0. The first-order valence-corrected chi connectivity index (χ1v) is 5.07. The van der Waals surface area contributed by atoms with Gasteiger partial charge in [-0.1, -0.05) is 12.8 Å². The van der Waals surface area contributed by atoms with Crippen molar-refractivity contribution in [2.45, 2.75) is 56.5 Å². The molecule has 2 nitrogen and oxygen atoms in total. The van der Waals surface area contributed by atoms with Crippen LogP contribution in [0.4, 0.5) is 0 Å². The van der Waals surface area contributed by atoms with E-state index in [4.69, 9.17) is 11.5 Å². The van der Waals surface area contributed by atoms with E-state index in [1.807, 2.05) is 0 Å².